The van der Waals surface area contributed by atoms with Gasteiger partial charge in [0.15, 0.2) is 0 Å². The molecule has 0 aromatic carbocycles. The number of nitrogens with one attached hydrogen (secondary N) is 1. The Balaban J connectivity index is 1.46. The summed E-state index contributed by atoms with van der Waals surface area (Å²) in [6.07, 6.45) is 7.06. The molecule has 0 radical (unpaired) electrons. The summed E-state index contributed by atoms with van der Waals surface area (Å²) in [4.78, 5) is 14.3. The molecule has 90 valence electrons. The number of hydrogen-bond donors (Lipinski definition) is 1. The molecule has 1 saturated carbocycles. The van der Waals surface area contributed by atoms with Crippen molar-refractivity contribution in [1.82, 2.24) is 10.2 Å². The van der Waals surface area contributed by atoms with Gasteiger partial charge < -0.3 is 10.2 Å². The van der Waals surface area contributed by atoms with Crippen LogP contribution in [0.15, 0.2) is 0 Å². The molecule has 3 nitrogen and oxygen atoms in total. The summed E-state index contributed by atoms with van der Waals surface area (Å²) < 4.78 is 0. The third-order valence-corrected chi connectivity index (χ3v) is 4.66. The number of amides is 1. The standard InChI is InChI=1S/C13H22N2O/c16-13(4-2-10-5-6-14-8-10)15-9-11-1-3-12(15)7-11/h10-12,14H,1-9H2. The van der Waals surface area contributed by atoms with Gasteiger partial charge in [0.1, 0.15) is 0 Å². The number of hydrogen-bond acceptors (Lipinski definition) is 2. The fourth-order valence-corrected chi connectivity index (χ4v) is 3.66. The van der Waals surface area contributed by atoms with Crippen molar-refractivity contribution in [2.24, 2.45) is 11.8 Å². The van der Waals surface area contributed by atoms with E-state index in [0.717, 1.165) is 44.3 Å². The van der Waals surface area contributed by atoms with E-state index in [0.29, 0.717) is 11.9 Å². The molecule has 0 spiro atoms. The van der Waals surface area contributed by atoms with Crippen molar-refractivity contribution < 1.29 is 4.79 Å². The molecular weight excluding hydrogens is 200 g/mol. The van der Waals surface area contributed by atoms with Crippen LogP contribution in [0.2, 0.25) is 0 Å². The van der Waals surface area contributed by atoms with Crippen molar-refractivity contribution in [2.45, 2.75) is 44.6 Å². The second kappa shape index (κ2) is 4.36. The van der Waals surface area contributed by atoms with E-state index in [-0.39, 0.29) is 0 Å². The topological polar surface area (TPSA) is 32.3 Å². The molecule has 3 rings (SSSR count). The Hall–Kier alpha value is -0.570. The van der Waals surface area contributed by atoms with Crippen molar-refractivity contribution in [3.8, 4) is 0 Å². The third kappa shape index (κ3) is 1.97. The first kappa shape index (κ1) is 10.6. The SMILES string of the molecule is O=C(CCC1CCNC1)N1CC2CCC1C2. The zero-order chi connectivity index (χ0) is 11.0. The number of carbonyl (C=O) groups excluding carboxylic acids is 1. The summed E-state index contributed by atoms with van der Waals surface area (Å²) in [5, 5.41) is 3.37. The normalized spacial score (nSPS) is 37.2. The van der Waals surface area contributed by atoms with Gasteiger partial charge in [0.05, 0.1) is 0 Å². The zero-order valence-corrected chi connectivity index (χ0v) is 9.95. The van der Waals surface area contributed by atoms with E-state index < -0.39 is 0 Å². The molecule has 1 aliphatic carbocycles. The number of likely N-dealkylation sites (tertiary alicyclic amines) is 1. The van der Waals surface area contributed by atoms with Crippen LogP contribution in [0.5, 0.6) is 0 Å². The molecule has 3 heteroatoms. The molecule has 2 saturated heterocycles. The van der Waals surface area contributed by atoms with Crippen LogP contribution in [0.25, 0.3) is 0 Å². The summed E-state index contributed by atoms with van der Waals surface area (Å²) in [5.74, 6) is 2.02. The maximum atomic E-state index is 12.1. The maximum absolute atomic E-state index is 12.1. The Morgan fingerprint density at radius 3 is 2.88 bits per heavy atom. The van der Waals surface area contributed by atoms with Gasteiger partial charge in [-0.1, -0.05) is 0 Å². The number of rotatable bonds is 3. The molecule has 0 aromatic rings. The van der Waals surface area contributed by atoms with E-state index in [1.807, 2.05) is 0 Å². The molecule has 3 fully saturated rings. The Morgan fingerprint density at radius 1 is 1.31 bits per heavy atom. The van der Waals surface area contributed by atoms with Crippen LogP contribution >= 0.6 is 0 Å². The van der Waals surface area contributed by atoms with E-state index >= 15 is 0 Å². The van der Waals surface area contributed by atoms with Crippen LogP contribution in [0.3, 0.4) is 0 Å². The lowest BCUT2D eigenvalue weighted by atomic mass is 10.0. The number of carbonyl (C=O) groups is 1. The smallest absolute Gasteiger partial charge is 0.222 e. The third-order valence-electron chi connectivity index (χ3n) is 4.66. The summed E-state index contributed by atoms with van der Waals surface area (Å²) >= 11 is 0. The highest BCUT2D eigenvalue weighted by molar-refractivity contribution is 5.77. The average molecular weight is 222 g/mol. The molecule has 1 amide bonds. The molecular formula is C13H22N2O. The van der Waals surface area contributed by atoms with Crippen molar-refractivity contribution in [1.29, 1.82) is 0 Å². The van der Waals surface area contributed by atoms with Crippen LogP contribution in [0.1, 0.15) is 38.5 Å². The van der Waals surface area contributed by atoms with E-state index in [4.69, 9.17) is 0 Å². The molecule has 2 aliphatic heterocycles. The lowest BCUT2D eigenvalue weighted by Gasteiger charge is -2.27. The van der Waals surface area contributed by atoms with Crippen LogP contribution in [0, 0.1) is 11.8 Å². The van der Waals surface area contributed by atoms with Crippen LogP contribution in [-0.2, 0) is 4.79 Å². The van der Waals surface area contributed by atoms with E-state index in [2.05, 4.69) is 10.2 Å². The molecule has 3 atom stereocenters. The van der Waals surface area contributed by atoms with Gasteiger partial charge in [-0.15, -0.1) is 0 Å². The lowest BCUT2D eigenvalue weighted by Crippen LogP contribution is -2.37. The molecule has 3 aliphatic rings. The van der Waals surface area contributed by atoms with Gasteiger partial charge in [0.2, 0.25) is 5.91 Å². The summed E-state index contributed by atoms with van der Waals surface area (Å²) in [6.45, 7) is 3.33. The predicted molar refractivity (Wildman–Crippen MR) is 63.1 cm³/mol. The molecule has 16 heavy (non-hydrogen) atoms. The largest absolute Gasteiger partial charge is 0.339 e. The summed E-state index contributed by atoms with van der Waals surface area (Å²) in [6, 6.07) is 0.610. The Labute approximate surface area is 97.6 Å². The van der Waals surface area contributed by atoms with E-state index in [1.54, 1.807) is 0 Å². The van der Waals surface area contributed by atoms with Gasteiger partial charge in [-0.3, -0.25) is 4.79 Å². The van der Waals surface area contributed by atoms with Gasteiger partial charge in [0.25, 0.3) is 0 Å². The highest BCUT2D eigenvalue weighted by atomic mass is 16.2. The first-order chi connectivity index (χ1) is 7.83. The lowest BCUT2D eigenvalue weighted by molar-refractivity contribution is -0.133. The average Bonchev–Trinajstić information content (AvgIpc) is 3.01. The van der Waals surface area contributed by atoms with Crippen molar-refractivity contribution >= 4 is 5.91 Å². The molecule has 2 heterocycles. The first-order valence-electron chi connectivity index (χ1n) is 6.83. The highest BCUT2D eigenvalue weighted by Crippen LogP contribution is 2.37. The Bertz CT molecular complexity index is 273. The predicted octanol–water partition coefficient (Wildman–Crippen LogP) is 1.39. The minimum absolute atomic E-state index is 0.430. The Morgan fingerprint density at radius 2 is 2.25 bits per heavy atom. The first-order valence-corrected chi connectivity index (χ1v) is 6.83. The van der Waals surface area contributed by atoms with Crippen LogP contribution in [0.4, 0.5) is 0 Å². The maximum Gasteiger partial charge on any atom is 0.222 e. The molecule has 0 aromatic heterocycles. The monoisotopic (exact) mass is 222 g/mol. The molecule has 1 N–H and O–H groups in total. The molecule has 2 bridgehead atoms. The fraction of sp³-hybridized carbons (Fsp3) is 0.923. The van der Waals surface area contributed by atoms with Crippen molar-refractivity contribution in [2.75, 3.05) is 19.6 Å². The van der Waals surface area contributed by atoms with Gasteiger partial charge in [-0.05, 0) is 57.0 Å². The number of piperidine rings is 1. The van der Waals surface area contributed by atoms with Crippen LogP contribution < -0.4 is 5.32 Å². The van der Waals surface area contributed by atoms with Gasteiger partial charge in [-0.2, -0.15) is 0 Å². The highest BCUT2D eigenvalue weighted by Gasteiger charge is 2.39. The fourth-order valence-electron chi connectivity index (χ4n) is 3.66. The Kier molecular flexibility index (Phi) is 2.88. The van der Waals surface area contributed by atoms with E-state index in [1.165, 1.54) is 25.7 Å². The number of fused-ring (bicyclic) bond motifs is 2. The van der Waals surface area contributed by atoms with Gasteiger partial charge >= 0.3 is 0 Å². The van der Waals surface area contributed by atoms with Crippen molar-refractivity contribution in [3.05, 3.63) is 0 Å². The number of nitrogens with zero attached hydrogens (tertiary/aromatic N) is 1. The van der Waals surface area contributed by atoms with Gasteiger partial charge in [0, 0.05) is 19.0 Å². The summed E-state index contributed by atoms with van der Waals surface area (Å²) in [7, 11) is 0. The van der Waals surface area contributed by atoms with Crippen LogP contribution in [-0.4, -0.2) is 36.5 Å². The second-order valence-electron chi connectivity index (χ2n) is 5.78. The zero-order valence-electron chi connectivity index (χ0n) is 9.95. The molecule has 3 unspecified atom stereocenters. The minimum Gasteiger partial charge on any atom is -0.339 e. The second-order valence-corrected chi connectivity index (χ2v) is 5.78. The quantitative estimate of drug-likeness (QED) is 0.782. The summed E-state index contributed by atoms with van der Waals surface area (Å²) in [5.41, 5.74) is 0. The minimum atomic E-state index is 0.430. The van der Waals surface area contributed by atoms with E-state index in [9.17, 15) is 4.79 Å². The van der Waals surface area contributed by atoms with Gasteiger partial charge in [-0.25, -0.2) is 0 Å². The van der Waals surface area contributed by atoms with Crippen molar-refractivity contribution in [3.63, 3.8) is 0 Å².